The fourth-order valence-electron chi connectivity index (χ4n) is 3.36. The van der Waals surface area contributed by atoms with E-state index in [9.17, 15) is 4.79 Å². The number of hydrogen-bond donors (Lipinski definition) is 1. The standard InChI is InChI=1S/C21H23N3O3/c1-15-13-17(24-9-11-26-12-10-24)7-8-18(15)22-21(25)19-14-20(27-23-19)16-5-3-2-4-6-16/h2-8,13,20H,9-12,14H2,1H3,(H,22,25). The molecular weight excluding hydrogens is 342 g/mol. The zero-order valence-corrected chi connectivity index (χ0v) is 15.4. The number of aryl methyl sites for hydroxylation is 1. The van der Waals surface area contributed by atoms with Crippen molar-refractivity contribution in [3.8, 4) is 0 Å². The van der Waals surface area contributed by atoms with Gasteiger partial charge in [0.15, 0.2) is 6.10 Å². The van der Waals surface area contributed by atoms with Gasteiger partial charge in [-0.2, -0.15) is 0 Å². The molecule has 6 heteroatoms. The van der Waals surface area contributed by atoms with Crippen LogP contribution in [0.3, 0.4) is 0 Å². The summed E-state index contributed by atoms with van der Waals surface area (Å²) in [7, 11) is 0. The molecule has 0 aliphatic carbocycles. The molecule has 6 nitrogen and oxygen atoms in total. The second-order valence-corrected chi connectivity index (χ2v) is 6.80. The highest BCUT2D eigenvalue weighted by Gasteiger charge is 2.27. The minimum absolute atomic E-state index is 0.197. The van der Waals surface area contributed by atoms with Crippen LogP contribution in [-0.4, -0.2) is 37.9 Å². The first kappa shape index (κ1) is 17.5. The quantitative estimate of drug-likeness (QED) is 0.903. The molecule has 4 rings (SSSR count). The third-order valence-corrected chi connectivity index (χ3v) is 4.94. The topological polar surface area (TPSA) is 63.2 Å². The van der Waals surface area contributed by atoms with E-state index >= 15 is 0 Å². The van der Waals surface area contributed by atoms with Gasteiger partial charge in [-0.25, -0.2) is 0 Å². The number of ether oxygens (including phenoxy) is 1. The van der Waals surface area contributed by atoms with E-state index in [1.54, 1.807) is 0 Å². The Morgan fingerprint density at radius 3 is 2.67 bits per heavy atom. The SMILES string of the molecule is Cc1cc(N2CCOCC2)ccc1NC(=O)C1=NOC(c2ccccc2)C1. The van der Waals surface area contributed by atoms with Crippen LogP contribution in [0.25, 0.3) is 0 Å². The minimum Gasteiger partial charge on any atom is -0.387 e. The monoisotopic (exact) mass is 365 g/mol. The lowest BCUT2D eigenvalue weighted by atomic mass is 10.0. The molecular formula is C21H23N3O3. The molecule has 2 aromatic rings. The van der Waals surface area contributed by atoms with Crippen LogP contribution in [0.5, 0.6) is 0 Å². The molecule has 0 bridgehead atoms. The van der Waals surface area contributed by atoms with Crippen LogP contribution >= 0.6 is 0 Å². The summed E-state index contributed by atoms with van der Waals surface area (Å²) >= 11 is 0. The van der Waals surface area contributed by atoms with E-state index in [1.807, 2.05) is 49.4 Å². The Bertz CT molecular complexity index is 845. The van der Waals surface area contributed by atoms with Crippen LogP contribution in [0.2, 0.25) is 0 Å². The van der Waals surface area contributed by atoms with Crippen molar-refractivity contribution in [3.05, 3.63) is 59.7 Å². The fourth-order valence-corrected chi connectivity index (χ4v) is 3.36. The molecule has 1 atom stereocenters. The van der Waals surface area contributed by atoms with Crippen molar-refractivity contribution in [2.24, 2.45) is 5.16 Å². The van der Waals surface area contributed by atoms with Crippen molar-refractivity contribution in [1.29, 1.82) is 0 Å². The lowest BCUT2D eigenvalue weighted by Crippen LogP contribution is -2.36. The molecule has 0 aromatic heterocycles. The van der Waals surface area contributed by atoms with Gasteiger partial charge in [0, 0.05) is 30.9 Å². The van der Waals surface area contributed by atoms with E-state index in [4.69, 9.17) is 9.57 Å². The van der Waals surface area contributed by atoms with Gasteiger partial charge in [-0.05, 0) is 36.2 Å². The van der Waals surface area contributed by atoms with E-state index in [2.05, 4.69) is 21.4 Å². The Morgan fingerprint density at radius 2 is 1.93 bits per heavy atom. The summed E-state index contributed by atoms with van der Waals surface area (Å²) in [4.78, 5) is 20.3. The smallest absolute Gasteiger partial charge is 0.273 e. The highest BCUT2D eigenvalue weighted by atomic mass is 16.6. The Labute approximate surface area is 158 Å². The Kier molecular flexibility index (Phi) is 5.07. The number of nitrogens with zero attached hydrogens (tertiary/aromatic N) is 2. The molecule has 1 amide bonds. The third-order valence-electron chi connectivity index (χ3n) is 4.94. The van der Waals surface area contributed by atoms with Crippen molar-refractivity contribution in [1.82, 2.24) is 0 Å². The Balaban J connectivity index is 1.39. The summed E-state index contributed by atoms with van der Waals surface area (Å²) in [6.07, 6.45) is 0.276. The van der Waals surface area contributed by atoms with Crippen LogP contribution in [0.4, 0.5) is 11.4 Å². The number of rotatable bonds is 4. The molecule has 1 saturated heterocycles. The molecule has 140 valence electrons. The number of oxime groups is 1. The molecule has 2 aliphatic rings. The van der Waals surface area contributed by atoms with Crippen LogP contribution in [0, 0.1) is 6.92 Å². The first-order valence-electron chi connectivity index (χ1n) is 9.23. The predicted octanol–water partition coefficient (Wildman–Crippen LogP) is 3.29. The summed E-state index contributed by atoms with van der Waals surface area (Å²) < 4.78 is 5.40. The maximum absolute atomic E-state index is 12.6. The van der Waals surface area contributed by atoms with Gasteiger partial charge in [-0.15, -0.1) is 0 Å². The van der Waals surface area contributed by atoms with Crippen molar-refractivity contribution in [2.75, 3.05) is 36.5 Å². The Hall–Kier alpha value is -2.86. The third kappa shape index (κ3) is 3.95. The first-order chi connectivity index (χ1) is 13.2. The van der Waals surface area contributed by atoms with Crippen molar-refractivity contribution in [2.45, 2.75) is 19.4 Å². The highest BCUT2D eigenvalue weighted by Crippen LogP contribution is 2.28. The Morgan fingerprint density at radius 1 is 1.15 bits per heavy atom. The largest absolute Gasteiger partial charge is 0.387 e. The zero-order valence-electron chi connectivity index (χ0n) is 15.4. The molecule has 1 N–H and O–H groups in total. The number of anilines is 2. The van der Waals surface area contributed by atoms with Crippen LogP contribution in [-0.2, 0) is 14.4 Å². The molecule has 27 heavy (non-hydrogen) atoms. The van der Waals surface area contributed by atoms with E-state index in [-0.39, 0.29) is 12.0 Å². The van der Waals surface area contributed by atoms with Crippen LogP contribution < -0.4 is 10.2 Å². The molecule has 0 spiro atoms. The van der Waals surface area contributed by atoms with Crippen molar-refractivity contribution >= 4 is 23.0 Å². The molecule has 1 fully saturated rings. The van der Waals surface area contributed by atoms with Gasteiger partial charge in [-0.3, -0.25) is 4.79 Å². The summed E-state index contributed by atoms with van der Waals surface area (Å²) in [6, 6.07) is 15.9. The molecule has 2 aliphatic heterocycles. The normalized spacial score (nSPS) is 19.4. The summed E-state index contributed by atoms with van der Waals surface area (Å²) in [5.74, 6) is -0.212. The van der Waals surface area contributed by atoms with Crippen LogP contribution in [0.1, 0.15) is 23.7 Å². The number of hydrogen-bond acceptors (Lipinski definition) is 5. The van der Waals surface area contributed by atoms with Gasteiger partial charge in [0.1, 0.15) is 5.71 Å². The average molecular weight is 365 g/mol. The number of amides is 1. The molecule has 2 heterocycles. The van der Waals surface area contributed by atoms with E-state index < -0.39 is 0 Å². The van der Waals surface area contributed by atoms with Gasteiger partial charge < -0.3 is 19.8 Å². The molecule has 1 unspecified atom stereocenters. The number of morpholine rings is 1. The lowest BCUT2D eigenvalue weighted by molar-refractivity contribution is -0.110. The average Bonchev–Trinajstić information content (AvgIpc) is 3.21. The van der Waals surface area contributed by atoms with Crippen molar-refractivity contribution < 1.29 is 14.4 Å². The first-order valence-corrected chi connectivity index (χ1v) is 9.23. The summed E-state index contributed by atoms with van der Waals surface area (Å²) in [5, 5.41) is 6.95. The fraction of sp³-hybridized carbons (Fsp3) is 0.333. The zero-order chi connectivity index (χ0) is 18.6. The number of carbonyl (C=O) groups excluding carboxylic acids is 1. The number of carbonyl (C=O) groups is 1. The van der Waals surface area contributed by atoms with Gasteiger partial charge in [-0.1, -0.05) is 35.5 Å². The molecule has 0 saturated carbocycles. The van der Waals surface area contributed by atoms with Crippen LogP contribution in [0.15, 0.2) is 53.7 Å². The minimum atomic E-state index is -0.212. The lowest BCUT2D eigenvalue weighted by Gasteiger charge is -2.29. The molecule has 2 aromatic carbocycles. The van der Waals surface area contributed by atoms with Gasteiger partial charge in [0.25, 0.3) is 5.91 Å². The summed E-state index contributed by atoms with van der Waals surface area (Å²) in [5.41, 5.74) is 4.41. The van der Waals surface area contributed by atoms with Gasteiger partial charge in [0.2, 0.25) is 0 Å². The number of benzene rings is 2. The maximum atomic E-state index is 12.6. The molecule has 0 radical (unpaired) electrons. The second kappa shape index (κ2) is 7.80. The van der Waals surface area contributed by atoms with Crippen molar-refractivity contribution in [3.63, 3.8) is 0 Å². The van der Waals surface area contributed by atoms with Gasteiger partial charge in [0.05, 0.1) is 13.2 Å². The van der Waals surface area contributed by atoms with E-state index in [1.165, 1.54) is 0 Å². The van der Waals surface area contributed by atoms with E-state index in [0.29, 0.717) is 12.1 Å². The second-order valence-electron chi connectivity index (χ2n) is 6.80. The van der Waals surface area contributed by atoms with Gasteiger partial charge >= 0.3 is 0 Å². The highest BCUT2D eigenvalue weighted by molar-refractivity contribution is 6.43. The summed E-state index contributed by atoms with van der Waals surface area (Å²) in [6.45, 7) is 5.28. The number of nitrogens with one attached hydrogen (secondary N) is 1. The predicted molar refractivity (Wildman–Crippen MR) is 105 cm³/mol. The van der Waals surface area contributed by atoms with E-state index in [0.717, 1.165) is 48.8 Å². The maximum Gasteiger partial charge on any atom is 0.273 e.